The van der Waals surface area contributed by atoms with Crippen LogP contribution in [0, 0.1) is 0 Å². The van der Waals surface area contributed by atoms with Crippen LogP contribution >= 0.6 is 0 Å². The van der Waals surface area contributed by atoms with Gasteiger partial charge >= 0.3 is 0 Å². The van der Waals surface area contributed by atoms with Crippen molar-refractivity contribution < 1.29 is 0 Å². The van der Waals surface area contributed by atoms with Crippen LogP contribution in [-0.2, 0) is 0 Å². The van der Waals surface area contributed by atoms with Crippen molar-refractivity contribution in [3.63, 3.8) is 0 Å². The summed E-state index contributed by atoms with van der Waals surface area (Å²) >= 11 is 0. The Morgan fingerprint density at radius 1 is 0.440 bits per heavy atom. The number of para-hydroxylation sites is 1. The summed E-state index contributed by atoms with van der Waals surface area (Å²) in [6.07, 6.45) is 1.60. The molecule has 0 saturated carbocycles. The summed E-state index contributed by atoms with van der Waals surface area (Å²) in [6, 6.07) is 57.9. The fraction of sp³-hybridized carbons (Fsp3) is 0.0217. The third kappa shape index (κ3) is 4.73. The normalized spacial score (nSPS) is 14.6. The molecule has 10 rings (SSSR count). The van der Waals surface area contributed by atoms with Gasteiger partial charge in [0.15, 0.2) is 5.84 Å². The van der Waals surface area contributed by atoms with Gasteiger partial charge in [-0.25, -0.2) is 9.98 Å². The maximum atomic E-state index is 5.35. The van der Waals surface area contributed by atoms with Crippen molar-refractivity contribution in [3.05, 3.63) is 187 Å². The average Bonchev–Trinajstić information content (AvgIpc) is 3.20. The van der Waals surface area contributed by atoms with Gasteiger partial charge in [0.05, 0.1) is 5.52 Å². The number of amidine groups is 2. The van der Waals surface area contributed by atoms with E-state index in [1.165, 1.54) is 32.3 Å². The Morgan fingerprint density at radius 2 is 0.980 bits per heavy atom. The highest BCUT2D eigenvalue weighted by molar-refractivity contribution is 6.25. The summed E-state index contributed by atoms with van der Waals surface area (Å²) in [5.74, 6) is 1.52. The summed E-state index contributed by atoms with van der Waals surface area (Å²) in [5.41, 5.74) is 6.33. The second kappa shape index (κ2) is 11.5. The first kappa shape index (κ1) is 28.4. The summed E-state index contributed by atoms with van der Waals surface area (Å²) in [4.78, 5) is 15.4. The summed E-state index contributed by atoms with van der Waals surface area (Å²) in [5, 5.41) is 14.4. The number of nitrogens with zero attached hydrogens (tertiary/aromatic N) is 3. The Hall–Kier alpha value is -6.65. The third-order valence-corrected chi connectivity index (χ3v) is 9.92. The van der Waals surface area contributed by atoms with E-state index in [0.29, 0.717) is 5.84 Å². The predicted octanol–water partition coefficient (Wildman–Crippen LogP) is 11.0. The van der Waals surface area contributed by atoms with Crippen molar-refractivity contribution in [2.45, 2.75) is 6.17 Å². The van der Waals surface area contributed by atoms with Crippen LogP contribution in [0.25, 0.3) is 65.1 Å². The molecule has 0 amide bonds. The van der Waals surface area contributed by atoms with E-state index in [-0.39, 0.29) is 6.17 Å². The molecule has 4 nitrogen and oxygen atoms in total. The van der Waals surface area contributed by atoms with Gasteiger partial charge in [0.1, 0.15) is 12.0 Å². The lowest BCUT2D eigenvalue weighted by molar-refractivity contribution is 0.675. The minimum Gasteiger partial charge on any atom is -0.344 e. The molecule has 4 heteroatoms. The van der Waals surface area contributed by atoms with Gasteiger partial charge in [-0.3, -0.25) is 4.98 Å². The zero-order valence-electron chi connectivity index (χ0n) is 27.1. The van der Waals surface area contributed by atoms with Crippen molar-refractivity contribution >= 4 is 65.7 Å². The van der Waals surface area contributed by atoms with Crippen LogP contribution in [0.4, 0.5) is 0 Å². The van der Waals surface area contributed by atoms with Gasteiger partial charge in [0, 0.05) is 28.3 Å². The summed E-state index contributed by atoms with van der Waals surface area (Å²) in [6.45, 7) is 0. The van der Waals surface area contributed by atoms with E-state index in [0.717, 1.165) is 55.3 Å². The van der Waals surface area contributed by atoms with Gasteiger partial charge in [-0.1, -0.05) is 140 Å². The van der Waals surface area contributed by atoms with E-state index in [1.54, 1.807) is 0 Å². The second-order valence-corrected chi connectivity index (χ2v) is 12.9. The number of nitrogens with one attached hydrogen (secondary N) is 1. The molecule has 1 N–H and O–H groups in total. The molecule has 1 atom stereocenters. The van der Waals surface area contributed by atoms with E-state index < -0.39 is 0 Å². The maximum Gasteiger partial charge on any atom is 0.160 e. The molecule has 0 unspecified atom stereocenters. The van der Waals surface area contributed by atoms with E-state index in [2.05, 4.69) is 157 Å². The van der Waals surface area contributed by atoms with E-state index in [1.807, 2.05) is 18.3 Å². The van der Waals surface area contributed by atoms with Crippen LogP contribution in [0.15, 0.2) is 180 Å². The highest BCUT2D eigenvalue weighted by Crippen LogP contribution is 2.34. The number of benzene rings is 8. The standard InChI is InChI=1S/C46H30N4/c1-4-14-35-31(11-1)26-41(39-18-8-6-16-37(35)39)45-48-44(30-23-21-29(22-24-30)34-25-33-13-3-10-20-43(33)47-28-34)49-46(50-45)42-27-32-12-2-5-15-36(32)38-17-7-9-19-40(38)42/h1-28,44H,(H,48,49,50). The number of fused-ring (bicyclic) bond motifs is 7. The molecule has 2 heterocycles. The quantitative estimate of drug-likeness (QED) is 0.195. The molecule has 0 fully saturated rings. The Bertz CT molecular complexity index is 2850. The third-order valence-electron chi connectivity index (χ3n) is 9.92. The monoisotopic (exact) mass is 638 g/mol. The molecule has 0 saturated heterocycles. The van der Waals surface area contributed by atoms with Crippen molar-refractivity contribution in [3.8, 4) is 11.1 Å². The topological polar surface area (TPSA) is 49.6 Å². The van der Waals surface area contributed by atoms with Crippen molar-refractivity contribution in [1.29, 1.82) is 0 Å². The van der Waals surface area contributed by atoms with Crippen LogP contribution in [0.3, 0.4) is 0 Å². The molecule has 8 aromatic carbocycles. The Labute approximate surface area is 289 Å². The molecule has 1 aliphatic rings. The van der Waals surface area contributed by atoms with Gasteiger partial charge in [-0.15, -0.1) is 0 Å². The lowest BCUT2D eigenvalue weighted by Crippen LogP contribution is -2.33. The maximum absolute atomic E-state index is 5.35. The first-order valence-corrected chi connectivity index (χ1v) is 17.0. The number of hydrogen-bond acceptors (Lipinski definition) is 4. The molecular formula is C46H30N4. The molecule has 0 radical (unpaired) electrons. The fourth-order valence-corrected chi connectivity index (χ4v) is 7.45. The lowest BCUT2D eigenvalue weighted by Gasteiger charge is -2.25. The molecule has 1 aromatic heterocycles. The lowest BCUT2D eigenvalue weighted by atomic mass is 9.95. The van der Waals surface area contributed by atoms with Crippen molar-refractivity contribution in [2.75, 3.05) is 0 Å². The average molecular weight is 639 g/mol. The second-order valence-electron chi connectivity index (χ2n) is 12.9. The highest BCUT2D eigenvalue weighted by atomic mass is 15.2. The van der Waals surface area contributed by atoms with Crippen LogP contribution in [0.2, 0.25) is 0 Å². The predicted molar refractivity (Wildman–Crippen MR) is 209 cm³/mol. The Kier molecular flexibility index (Phi) is 6.53. The smallest absolute Gasteiger partial charge is 0.160 e. The fourth-order valence-electron chi connectivity index (χ4n) is 7.45. The molecule has 0 bridgehead atoms. The minimum absolute atomic E-state index is 0.350. The number of pyridine rings is 1. The zero-order chi connectivity index (χ0) is 33.0. The number of hydrogen-bond donors (Lipinski definition) is 1. The van der Waals surface area contributed by atoms with Gasteiger partial charge in [0.25, 0.3) is 0 Å². The van der Waals surface area contributed by atoms with Gasteiger partial charge in [0.2, 0.25) is 0 Å². The van der Waals surface area contributed by atoms with Crippen molar-refractivity contribution in [1.82, 2.24) is 10.3 Å². The van der Waals surface area contributed by atoms with Crippen LogP contribution in [-0.4, -0.2) is 16.7 Å². The molecule has 234 valence electrons. The van der Waals surface area contributed by atoms with E-state index >= 15 is 0 Å². The molecule has 9 aromatic rings. The first-order chi connectivity index (χ1) is 24.8. The first-order valence-electron chi connectivity index (χ1n) is 17.0. The zero-order valence-corrected chi connectivity index (χ0v) is 27.1. The van der Waals surface area contributed by atoms with Crippen molar-refractivity contribution in [2.24, 2.45) is 9.98 Å². The number of aliphatic imine (C=N–C) groups is 2. The highest BCUT2D eigenvalue weighted by Gasteiger charge is 2.24. The SMILES string of the molecule is c1ccc2ncc(-c3ccc([C@@H]4N=C(c5cc6ccccc6c6ccccc56)N=C(c5cc6ccccc6c6ccccc56)N4)cc3)cc2c1. The van der Waals surface area contributed by atoms with Crippen LogP contribution in [0.1, 0.15) is 22.9 Å². The van der Waals surface area contributed by atoms with Crippen LogP contribution < -0.4 is 5.32 Å². The number of rotatable bonds is 4. The van der Waals surface area contributed by atoms with Gasteiger partial charge in [-0.2, -0.15) is 0 Å². The van der Waals surface area contributed by atoms with Gasteiger partial charge in [-0.05, 0) is 78.5 Å². The van der Waals surface area contributed by atoms with Gasteiger partial charge < -0.3 is 5.32 Å². The van der Waals surface area contributed by atoms with Crippen LogP contribution in [0.5, 0.6) is 0 Å². The molecule has 1 aliphatic heterocycles. The molecule has 0 aliphatic carbocycles. The largest absolute Gasteiger partial charge is 0.344 e. The molecular weight excluding hydrogens is 609 g/mol. The van der Waals surface area contributed by atoms with E-state index in [4.69, 9.17) is 15.0 Å². The Morgan fingerprint density at radius 3 is 1.66 bits per heavy atom. The summed E-state index contributed by atoms with van der Waals surface area (Å²) < 4.78 is 0. The van der Waals surface area contributed by atoms with E-state index in [9.17, 15) is 0 Å². The molecule has 0 spiro atoms. The number of aromatic nitrogens is 1. The Balaban J connectivity index is 1.15. The molecule has 50 heavy (non-hydrogen) atoms. The minimum atomic E-state index is -0.350. The summed E-state index contributed by atoms with van der Waals surface area (Å²) in [7, 11) is 0.